The quantitative estimate of drug-likeness (QED) is 0.639. The van der Waals surface area contributed by atoms with Crippen LogP contribution >= 0.6 is 0 Å². The number of aromatic nitrogens is 1. The van der Waals surface area contributed by atoms with E-state index in [1.165, 1.54) is 16.8 Å². The molecule has 0 radical (unpaired) electrons. The number of amides is 1. The van der Waals surface area contributed by atoms with Gasteiger partial charge in [0.1, 0.15) is 0 Å². The molecular formula is C22H26N4O. The van der Waals surface area contributed by atoms with Gasteiger partial charge in [-0.3, -0.25) is 9.78 Å². The van der Waals surface area contributed by atoms with Gasteiger partial charge in [-0.05, 0) is 62.6 Å². The number of hydrogen-bond acceptors (Lipinski definition) is 4. The molecule has 5 nitrogen and oxygen atoms in total. The van der Waals surface area contributed by atoms with Crippen LogP contribution in [0.5, 0.6) is 0 Å². The Morgan fingerprint density at radius 1 is 1.26 bits per heavy atom. The van der Waals surface area contributed by atoms with Gasteiger partial charge in [0.2, 0.25) is 0 Å². The number of nitrogens with zero attached hydrogens (tertiary/aromatic N) is 3. The van der Waals surface area contributed by atoms with Gasteiger partial charge in [-0.15, -0.1) is 0 Å². The van der Waals surface area contributed by atoms with Crippen LogP contribution in [0, 0.1) is 0 Å². The number of anilines is 1. The van der Waals surface area contributed by atoms with Crippen molar-refractivity contribution in [1.29, 1.82) is 0 Å². The number of pyridine rings is 1. The zero-order valence-corrected chi connectivity index (χ0v) is 16.4. The minimum Gasteiger partial charge on any atom is -0.362 e. The molecule has 1 aromatic heterocycles. The third-order valence-corrected chi connectivity index (χ3v) is 4.77. The Balaban J connectivity index is 1.80. The highest BCUT2D eigenvalue weighted by molar-refractivity contribution is 5.95. The highest BCUT2D eigenvalue weighted by Gasteiger charge is 2.30. The Morgan fingerprint density at radius 2 is 2.00 bits per heavy atom. The normalized spacial score (nSPS) is 15.4. The number of hydrogen-bond donors (Lipinski definition) is 1. The standard InChI is InChI=1S/C22H26N4O/c1-5-12-26-20-7-6-17(13-19(20)16(2)14-22(26,3)4)15-24-25-21(27)18-8-10-23-11-9-18/h6-11,13-15H,5,12H2,1-4H3,(H,25,27)/b24-15-. The van der Waals surface area contributed by atoms with Gasteiger partial charge in [-0.1, -0.05) is 19.1 Å². The molecule has 140 valence electrons. The van der Waals surface area contributed by atoms with E-state index < -0.39 is 0 Å². The summed E-state index contributed by atoms with van der Waals surface area (Å²) in [7, 11) is 0. The summed E-state index contributed by atoms with van der Waals surface area (Å²) in [6.45, 7) is 9.86. The molecule has 0 bridgehead atoms. The van der Waals surface area contributed by atoms with Crippen molar-refractivity contribution >= 4 is 23.4 Å². The molecule has 27 heavy (non-hydrogen) atoms. The fourth-order valence-electron chi connectivity index (χ4n) is 3.55. The Hall–Kier alpha value is -2.95. The molecule has 1 amide bonds. The van der Waals surface area contributed by atoms with Crippen LogP contribution in [-0.4, -0.2) is 29.2 Å². The van der Waals surface area contributed by atoms with E-state index >= 15 is 0 Å². The van der Waals surface area contributed by atoms with Crippen molar-refractivity contribution in [3.8, 4) is 0 Å². The number of allylic oxidation sites excluding steroid dienone is 1. The summed E-state index contributed by atoms with van der Waals surface area (Å²) in [6.07, 6.45) is 8.26. The minimum absolute atomic E-state index is 0.00121. The van der Waals surface area contributed by atoms with Crippen LogP contribution < -0.4 is 10.3 Å². The fourth-order valence-corrected chi connectivity index (χ4v) is 3.55. The molecule has 0 aliphatic carbocycles. The Labute approximate surface area is 160 Å². The molecular weight excluding hydrogens is 336 g/mol. The number of hydrazone groups is 1. The SMILES string of the molecule is CCCN1c2ccc(/C=N\NC(=O)c3ccncc3)cc2C(C)=CC1(C)C. The minimum atomic E-state index is -0.251. The molecule has 0 fully saturated rings. The molecule has 1 aliphatic heterocycles. The van der Waals surface area contributed by atoms with Crippen LogP contribution in [0.15, 0.2) is 53.9 Å². The van der Waals surface area contributed by atoms with Gasteiger partial charge in [-0.25, -0.2) is 5.43 Å². The summed E-state index contributed by atoms with van der Waals surface area (Å²) >= 11 is 0. The van der Waals surface area contributed by atoms with Crippen molar-refractivity contribution < 1.29 is 4.79 Å². The number of carbonyl (C=O) groups excluding carboxylic acids is 1. The Morgan fingerprint density at radius 3 is 2.70 bits per heavy atom. The topological polar surface area (TPSA) is 57.6 Å². The van der Waals surface area contributed by atoms with Crippen LogP contribution in [0.1, 0.15) is 55.6 Å². The van der Waals surface area contributed by atoms with Gasteiger partial charge in [-0.2, -0.15) is 5.10 Å². The molecule has 2 aromatic rings. The van der Waals surface area contributed by atoms with E-state index in [-0.39, 0.29) is 11.4 Å². The average Bonchev–Trinajstić information content (AvgIpc) is 2.65. The van der Waals surface area contributed by atoms with Gasteiger partial charge in [0.05, 0.1) is 11.8 Å². The van der Waals surface area contributed by atoms with E-state index in [1.807, 2.05) is 6.07 Å². The molecule has 1 aromatic carbocycles. The monoisotopic (exact) mass is 362 g/mol. The van der Waals surface area contributed by atoms with E-state index in [0.717, 1.165) is 18.5 Å². The maximum atomic E-state index is 12.0. The van der Waals surface area contributed by atoms with Crippen molar-refractivity contribution in [2.75, 3.05) is 11.4 Å². The molecule has 0 unspecified atom stereocenters. The number of carbonyl (C=O) groups is 1. The van der Waals surface area contributed by atoms with E-state index in [2.05, 4.69) is 66.3 Å². The summed E-state index contributed by atoms with van der Waals surface area (Å²) in [4.78, 5) is 18.4. The molecule has 0 saturated heterocycles. The molecule has 2 heterocycles. The predicted molar refractivity (Wildman–Crippen MR) is 111 cm³/mol. The number of rotatable bonds is 5. The van der Waals surface area contributed by atoms with Crippen LogP contribution in [0.2, 0.25) is 0 Å². The lowest BCUT2D eigenvalue weighted by Crippen LogP contribution is -2.45. The lowest BCUT2D eigenvalue weighted by Gasteiger charge is -2.43. The van der Waals surface area contributed by atoms with Crippen LogP contribution in [0.4, 0.5) is 5.69 Å². The van der Waals surface area contributed by atoms with Crippen molar-refractivity contribution in [2.24, 2.45) is 5.10 Å². The maximum absolute atomic E-state index is 12.0. The largest absolute Gasteiger partial charge is 0.362 e. The van der Waals surface area contributed by atoms with Gasteiger partial charge < -0.3 is 4.90 Å². The number of benzene rings is 1. The first-order valence-electron chi connectivity index (χ1n) is 9.27. The van der Waals surface area contributed by atoms with E-state index in [4.69, 9.17) is 0 Å². The van der Waals surface area contributed by atoms with Gasteiger partial charge in [0.25, 0.3) is 5.91 Å². The fraction of sp³-hybridized carbons (Fsp3) is 0.318. The van der Waals surface area contributed by atoms with Crippen LogP contribution in [-0.2, 0) is 0 Å². The number of nitrogens with one attached hydrogen (secondary N) is 1. The summed E-state index contributed by atoms with van der Waals surface area (Å²) in [5.74, 6) is -0.251. The van der Waals surface area contributed by atoms with E-state index in [9.17, 15) is 4.79 Å². The van der Waals surface area contributed by atoms with Crippen LogP contribution in [0.3, 0.4) is 0 Å². The molecule has 1 aliphatic rings. The van der Waals surface area contributed by atoms with Crippen molar-refractivity contribution in [2.45, 2.75) is 39.7 Å². The molecule has 5 heteroatoms. The first-order valence-corrected chi connectivity index (χ1v) is 9.27. The third-order valence-electron chi connectivity index (χ3n) is 4.77. The van der Waals surface area contributed by atoms with Crippen LogP contribution in [0.25, 0.3) is 5.57 Å². The highest BCUT2D eigenvalue weighted by Crippen LogP contribution is 2.39. The second-order valence-corrected chi connectivity index (χ2v) is 7.34. The lowest BCUT2D eigenvalue weighted by molar-refractivity contribution is 0.0955. The predicted octanol–water partition coefficient (Wildman–Crippen LogP) is 4.26. The lowest BCUT2D eigenvalue weighted by atomic mass is 9.88. The van der Waals surface area contributed by atoms with Gasteiger partial charge in [0.15, 0.2) is 0 Å². The smallest absolute Gasteiger partial charge is 0.271 e. The van der Waals surface area contributed by atoms with E-state index in [1.54, 1.807) is 30.7 Å². The summed E-state index contributed by atoms with van der Waals surface area (Å²) in [5, 5.41) is 4.10. The van der Waals surface area contributed by atoms with Crippen molar-refractivity contribution in [3.05, 3.63) is 65.5 Å². The molecule has 0 atom stereocenters. The van der Waals surface area contributed by atoms with Gasteiger partial charge in [0, 0.05) is 35.8 Å². The average molecular weight is 362 g/mol. The summed E-state index contributed by atoms with van der Waals surface area (Å²) < 4.78 is 0. The first-order chi connectivity index (χ1) is 12.9. The van der Waals surface area contributed by atoms with Crippen molar-refractivity contribution in [3.63, 3.8) is 0 Å². The molecule has 0 saturated carbocycles. The third kappa shape index (κ3) is 4.08. The molecule has 3 rings (SSSR count). The zero-order valence-electron chi connectivity index (χ0n) is 16.4. The van der Waals surface area contributed by atoms with Gasteiger partial charge >= 0.3 is 0 Å². The summed E-state index contributed by atoms with van der Waals surface area (Å²) in [5.41, 5.74) is 7.77. The Bertz CT molecular complexity index is 884. The first kappa shape index (κ1) is 18.8. The highest BCUT2D eigenvalue weighted by atomic mass is 16.2. The Kier molecular flexibility index (Phi) is 5.40. The summed E-state index contributed by atoms with van der Waals surface area (Å²) in [6, 6.07) is 9.62. The molecule has 0 spiro atoms. The second kappa shape index (κ2) is 7.74. The maximum Gasteiger partial charge on any atom is 0.271 e. The second-order valence-electron chi connectivity index (χ2n) is 7.34. The molecule has 1 N–H and O–H groups in total. The van der Waals surface area contributed by atoms with E-state index in [0.29, 0.717) is 5.56 Å². The number of fused-ring (bicyclic) bond motifs is 1. The van der Waals surface area contributed by atoms with Crippen molar-refractivity contribution in [1.82, 2.24) is 10.4 Å². The zero-order chi connectivity index (χ0) is 19.4.